The second-order valence-electron chi connectivity index (χ2n) is 7.19. The van der Waals surface area contributed by atoms with Gasteiger partial charge in [0.2, 0.25) is 0 Å². The number of allylic oxidation sites excluding steroid dienone is 8. The van der Waals surface area contributed by atoms with Crippen LogP contribution in [-0.2, 0) is 20.8 Å². The van der Waals surface area contributed by atoms with E-state index in [2.05, 4.69) is 52.0 Å². The van der Waals surface area contributed by atoms with Gasteiger partial charge in [0.15, 0.2) is 0 Å². The Bertz CT molecular complexity index is 443. The molecular weight excluding hydrogens is 450 g/mol. The number of halogens is 2. The zero-order valence-corrected chi connectivity index (χ0v) is 21.9. The molecule has 0 heterocycles. The fraction of sp³-hybridized carbons (Fsp3) is 0.667. The molecule has 2 aliphatic carbocycles. The summed E-state index contributed by atoms with van der Waals surface area (Å²) >= 11 is -0.826. The molecule has 0 bridgehead atoms. The Balaban J connectivity index is 0.000000438. The molecule has 0 nitrogen and oxygen atoms in total. The van der Waals surface area contributed by atoms with Gasteiger partial charge in [-0.2, -0.15) is 12.2 Å². The number of rotatable bonds is 10. The third-order valence-electron chi connectivity index (χ3n) is 4.96. The van der Waals surface area contributed by atoms with E-state index in [0.29, 0.717) is 0 Å². The summed E-state index contributed by atoms with van der Waals surface area (Å²) in [6.45, 7) is 8.92. The normalized spacial score (nSPS) is 14.7. The van der Waals surface area contributed by atoms with Gasteiger partial charge in [-0.15, -0.1) is 26.7 Å². The quantitative estimate of drug-likeness (QED) is 0.212. The maximum atomic E-state index is 4.93. The first-order valence-electron chi connectivity index (χ1n) is 10.6. The van der Waals surface area contributed by atoms with Crippen molar-refractivity contribution in [2.75, 3.05) is 0 Å². The van der Waals surface area contributed by atoms with Crippen LogP contribution in [0.1, 0.15) is 105 Å². The molecule has 2 rings (SSSR count). The minimum atomic E-state index is -0.826. The van der Waals surface area contributed by atoms with Crippen LogP contribution in [0.2, 0.25) is 0 Å². The molecule has 152 valence electrons. The summed E-state index contributed by atoms with van der Waals surface area (Å²) in [7, 11) is 9.87. The van der Waals surface area contributed by atoms with E-state index in [1.165, 1.54) is 86.5 Å². The second kappa shape index (κ2) is 19.7. The van der Waals surface area contributed by atoms with Crippen LogP contribution in [-0.4, -0.2) is 0 Å². The van der Waals surface area contributed by atoms with Gasteiger partial charge in [-0.25, -0.2) is 22.3 Å². The maximum absolute atomic E-state index is 4.93. The molecular formula is C24H38Cl2Zr. The molecule has 0 radical (unpaired) electrons. The third kappa shape index (κ3) is 15.0. The van der Waals surface area contributed by atoms with Gasteiger partial charge in [0.1, 0.15) is 0 Å². The molecule has 0 aromatic rings. The second-order valence-corrected chi connectivity index (χ2v) is 10.9. The molecule has 0 unspecified atom stereocenters. The van der Waals surface area contributed by atoms with Gasteiger partial charge in [-0.3, -0.25) is 12.2 Å². The number of hydrogen-bond donors (Lipinski definition) is 0. The molecule has 2 aliphatic rings. The Hall–Kier alpha value is 0.423. The molecule has 3 heteroatoms. The molecule has 0 aromatic heterocycles. The summed E-state index contributed by atoms with van der Waals surface area (Å²) in [5.74, 6) is 0. The van der Waals surface area contributed by atoms with E-state index in [1.807, 2.05) is 0 Å². The van der Waals surface area contributed by atoms with Gasteiger partial charge in [-0.05, 0) is 0 Å². The zero-order valence-electron chi connectivity index (χ0n) is 17.9. The number of unbranched alkanes of at least 4 members (excludes halogenated alkanes) is 6. The molecule has 0 aromatic carbocycles. The molecule has 0 aliphatic heterocycles. The average molecular weight is 489 g/mol. The third-order valence-corrected chi connectivity index (χ3v) is 4.96. The van der Waals surface area contributed by atoms with Crippen molar-refractivity contribution in [2.45, 2.75) is 105 Å². The first-order valence-corrected chi connectivity index (χ1v) is 16.9. The fourth-order valence-corrected chi connectivity index (χ4v) is 3.21. The van der Waals surface area contributed by atoms with E-state index >= 15 is 0 Å². The van der Waals surface area contributed by atoms with Crippen molar-refractivity contribution in [1.82, 2.24) is 0 Å². The van der Waals surface area contributed by atoms with Crippen molar-refractivity contribution >= 4 is 17.0 Å². The first kappa shape index (κ1) is 27.4. The zero-order chi connectivity index (χ0) is 20.3. The van der Waals surface area contributed by atoms with Gasteiger partial charge < -0.3 is 0 Å². The van der Waals surface area contributed by atoms with Gasteiger partial charge in [-0.1, -0.05) is 78.1 Å². The van der Waals surface area contributed by atoms with E-state index in [0.717, 1.165) is 12.8 Å². The van der Waals surface area contributed by atoms with Crippen LogP contribution < -0.4 is 0 Å². The molecule has 27 heavy (non-hydrogen) atoms. The van der Waals surface area contributed by atoms with Crippen molar-refractivity contribution in [2.24, 2.45) is 0 Å². The van der Waals surface area contributed by atoms with Crippen molar-refractivity contribution in [3.05, 3.63) is 46.6 Å². The summed E-state index contributed by atoms with van der Waals surface area (Å²) < 4.78 is 0. The van der Waals surface area contributed by atoms with Crippen molar-refractivity contribution in [3.63, 3.8) is 0 Å². The van der Waals surface area contributed by atoms with Gasteiger partial charge in [0, 0.05) is 0 Å². The van der Waals surface area contributed by atoms with E-state index in [4.69, 9.17) is 17.0 Å². The Kier molecular flexibility index (Phi) is 20.0. The Morgan fingerprint density at radius 3 is 1.37 bits per heavy atom. The van der Waals surface area contributed by atoms with Crippen LogP contribution in [0.3, 0.4) is 0 Å². The standard InChI is InChI=1S/2C12H19.2ClH.Zr/c2*1-3-4-5-6-9-12-10-7-8-11(12)2;;;/h2*8H,3-7,9H2,1-2H3;2*1H;/q2*-1;;;+4/p-2. The van der Waals surface area contributed by atoms with Crippen molar-refractivity contribution in [3.8, 4) is 0 Å². The Morgan fingerprint density at radius 2 is 1.11 bits per heavy atom. The van der Waals surface area contributed by atoms with Crippen LogP contribution >= 0.6 is 17.0 Å². The number of hydrogen-bond acceptors (Lipinski definition) is 0. The first-order chi connectivity index (χ1) is 13.1. The molecule has 0 spiro atoms. The van der Waals surface area contributed by atoms with Crippen LogP contribution in [0.4, 0.5) is 0 Å². The van der Waals surface area contributed by atoms with Crippen molar-refractivity contribution < 1.29 is 20.8 Å². The van der Waals surface area contributed by atoms with Gasteiger partial charge >= 0.3 is 37.9 Å². The van der Waals surface area contributed by atoms with E-state index in [9.17, 15) is 0 Å². The molecule has 0 saturated heterocycles. The van der Waals surface area contributed by atoms with E-state index in [1.54, 1.807) is 0 Å². The molecule has 0 fully saturated rings. The Morgan fingerprint density at radius 1 is 0.741 bits per heavy atom. The summed E-state index contributed by atoms with van der Waals surface area (Å²) in [4.78, 5) is 0. The van der Waals surface area contributed by atoms with E-state index < -0.39 is 20.8 Å². The predicted octanol–water partition coefficient (Wildman–Crippen LogP) is 9.45. The monoisotopic (exact) mass is 486 g/mol. The van der Waals surface area contributed by atoms with Crippen LogP contribution in [0.5, 0.6) is 0 Å². The van der Waals surface area contributed by atoms with Crippen LogP contribution in [0, 0.1) is 12.2 Å². The summed E-state index contributed by atoms with van der Waals surface area (Å²) in [6.07, 6.45) is 26.9. The molecule has 0 atom stereocenters. The van der Waals surface area contributed by atoms with Gasteiger partial charge in [0.25, 0.3) is 0 Å². The fourth-order valence-electron chi connectivity index (χ4n) is 3.21. The summed E-state index contributed by atoms with van der Waals surface area (Å²) in [6, 6.07) is 0. The summed E-state index contributed by atoms with van der Waals surface area (Å²) in [5, 5.41) is 0. The van der Waals surface area contributed by atoms with Crippen molar-refractivity contribution in [1.29, 1.82) is 0 Å². The minimum absolute atomic E-state index is 0.826. The molecule has 0 saturated carbocycles. The predicted molar refractivity (Wildman–Crippen MR) is 119 cm³/mol. The van der Waals surface area contributed by atoms with Crippen LogP contribution in [0.15, 0.2) is 34.4 Å². The average Bonchev–Trinajstić information content (AvgIpc) is 3.25. The van der Waals surface area contributed by atoms with E-state index in [-0.39, 0.29) is 0 Å². The summed E-state index contributed by atoms with van der Waals surface area (Å²) in [5.41, 5.74) is 5.88. The molecule has 0 amide bonds. The topological polar surface area (TPSA) is 0 Å². The Labute approximate surface area is 188 Å². The van der Waals surface area contributed by atoms with Gasteiger partial charge in [0.05, 0.1) is 0 Å². The molecule has 0 N–H and O–H groups in total. The van der Waals surface area contributed by atoms with Crippen LogP contribution in [0.25, 0.3) is 0 Å². The SMILES string of the molecule is CCCCCCC1=[C-]CC=C1C.CCCCCCC1=[C-]CC=C1C.[Cl][Zr+2][Cl].